The first kappa shape index (κ1) is 14.8. The van der Waals surface area contributed by atoms with E-state index in [1.54, 1.807) is 18.4 Å². The Hall–Kier alpha value is -1.59. The molecule has 108 valence electrons. The third-order valence-electron chi connectivity index (χ3n) is 3.19. The van der Waals surface area contributed by atoms with Crippen molar-refractivity contribution in [3.63, 3.8) is 0 Å². The van der Waals surface area contributed by atoms with E-state index in [4.69, 9.17) is 9.72 Å². The van der Waals surface area contributed by atoms with Gasteiger partial charge in [0.15, 0.2) is 5.13 Å². The lowest BCUT2D eigenvalue weighted by atomic mass is 10.2. The number of hydrogen-bond acceptors (Lipinski definition) is 5. The third kappa shape index (κ3) is 3.29. The summed E-state index contributed by atoms with van der Waals surface area (Å²) in [5.74, 6) is 0.854. The van der Waals surface area contributed by atoms with Gasteiger partial charge in [-0.25, -0.2) is 4.98 Å². The molecule has 0 spiro atoms. The first-order valence-electron chi connectivity index (χ1n) is 6.72. The maximum atomic E-state index is 5.26. The molecule has 0 aliphatic heterocycles. The Bertz CT molecular complexity index is 556. The van der Waals surface area contributed by atoms with Crippen LogP contribution in [0.15, 0.2) is 29.6 Å². The van der Waals surface area contributed by atoms with E-state index in [0.29, 0.717) is 0 Å². The van der Waals surface area contributed by atoms with Crippen LogP contribution in [0.1, 0.15) is 25.6 Å². The highest BCUT2D eigenvalue weighted by Crippen LogP contribution is 2.30. The van der Waals surface area contributed by atoms with Crippen LogP contribution in [0.5, 0.6) is 5.75 Å². The summed E-state index contributed by atoms with van der Waals surface area (Å²) in [6, 6.07) is 8.27. The zero-order valence-corrected chi connectivity index (χ0v) is 13.2. The number of methoxy groups -OCH3 is 1. The summed E-state index contributed by atoms with van der Waals surface area (Å²) in [6.07, 6.45) is 0. The number of anilines is 2. The second kappa shape index (κ2) is 6.72. The molecule has 1 N–H and O–H groups in total. The molecule has 0 saturated carbocycles. The van der Waals surface area contributed by atoms with E-state index in [1.165, 1.54) is 0 Å². The second-order valence-electron chi connectivity index (χ2n) is 4.59. The SMILES string of the molecule is CCNC(C)c1csc(N(C)c2cccc(OC)c2)n1. The fourth-order valence-electron chi connectivity index (χ4n) is 1.97. The van der Waals surface area contributed by atoms with Gasteiger partial charge in [0.25, 0.3) is 0 Å². The predicted molar refractivity (Wildman–Crippen MR) is 85.3 cm³/mol. The zero-order valence-electron chi connectivity index (χ0n) is 12.4. The molecule has 0 aliphatic rings. The van der Waals surface area contributed by atoms with Crippen molar-refractivity contribution in [2.75, 3.05) is 25.6 Å². The van der Waals surface area contributed by atoms with Gasteiger partial charge in [0, 0.05) is 30.2 Å². The summed E-state index contributed by atoms with van der Waals surface area (Å²) in [6.45, 7) is 5.18. The van der Waals surface area contributed by atoms with Gasteiger partial charge in [-0.05, 0) is 25.6 Å². The first-order valence-corrected chi connectivity index (χ1v) is 7.60. The number of nitrogens with one attached hydrogen (secondary N) is 1. The molecule has 0 aliphatic carbocycles. The molecule has 0 amide bonds. The molecule has 1 aromatic carbocycles. The fraction of sp³-hybridized carbons (Fsp3) is 0.400. The summed E-state index contributed by atoms with van der Waals surface area (Å²) >= 11 is 1.65. The van der Waals surface area contributed by atoms with Crippen LogP contribution in [0.25, 0.3) is 0 Å². The average molecular weight is 291 g/mol. The van der Waals surface area contributed by atoms with Crippen LogP contribution < -0.4 is 15.0 Å². The molecule has 1 aromatic heterocycles. The lowest BCUT2D eigenvalue weighted by Crippen LogP contribution is -2.18. The van der Waals surface area contributed by atoms with Crippen molar-refractivity contribution in [2.24, 2.45) is 0 Å². The van der Waals surface area contributed by atoms with Crippen molar-refractivity contribution in [3.8, 4) is 5.75 Å². The summed E-state index contributed by atoms with van der Waals surface area (Å²) in [5.41, 5.74) is 2.16. The summed E-state index contributed by atoms with van der Waals surface area (Å²) in [7, 11) is 3.70. The Morgan fingerprint density at radius 3 is 2.95 bits per heavy atom. The van der Waals surface area contributed by atoms with Gasteiger partial charge in [-0.15, -0.1) is 11.3 Å². The van der Waals surface area contributed by atoms with Crippen molar-refractivity contribution in [1.29, 1.82) is 0 Å². The van der Waals surface area contributed by atoms with Crippen LogP contribution in [0.4, 0.5) is 10.8 Å². The van der Waals surface area contributed by atoms with Crippen LogP contribution in [0.3, 0.4) is 0 Å². The summed E-state index contributed by atoms with van der Waals surface area (Å²) in [5, 5.41) is 6.47. The van der Waals surface area contributed by atoms with Gasteiger partial charge < -0.3 is 15.0 Å². The van der Waals surface area contributed by atoms with Crippen molar-refractivity contribution in [3.05, 3.63) is 35.3 Å². The number of benzene rings is 1. The van der Waals surface area contributed by atoms with E-state index in [9.17, 15) is 0 Å². The highest BCUT2D eigenvalue weighted by atomic mass is 32.1. The molecule has 2 aromatic rings. The normalized spacial score (nSPS) is 12.2. The van der Waals surface area contributed by atoms with Crippen molar-refractivity contribution >= 4 is 22.2 Å². The van der Waals surface area contributed by atoms with E-state index >= 15 is 0 Å². The predicted octanol–water partition coefficient (Wildman–Crippen LogP) is 3.59. The maximum absolute atomic E-state index is 5.26. The van der Waals surface area contributed by atoms with Gasteiger partial charge in [-0.2, -0.15) is 0 Å². The van der Waals surface area contributed by atoms with Crippen molar-refractivity contribution < 1.29 is 4.74 Å². The first-order chi connectivity index (χ1) is 9.65. The molecule has 1 unspecified atom stereocenters. The van der Waals surface area contributed by atoms with E-state index < -0.39 is 0 Å². The Balaban J connectivity index is 2.18. The lowest BCUT2D eigenvalue weighted by molar-refractivity contribution is 0.415. The molecule has 2 rings (SSSR count). The monoisotopic (exact) mass is 291 g/mol. The van der Waals surface area contributed by atoms with E-state index in [0.717, 1.165) is 28.8 Å². The van der Waals surface area contributed by atoms with Gasteiger partial charge in [-0.3, -0.25) is 0 Å². The van der Waals surface area contributed by atoms with Crippen LogP contribution in [-0.2, 0) is 0 Å². The minimum Gasteiger partial charge on any atom is -0.497 e. The van der Waals surface area contributed by atoms with Gasteiger partial charge >= 0.3 is 0 Å². The van der Waals surface area contributed by atoms with E-state index in [-0.39, 0.29) is 6.04 Å². The van der Waals surface area contributed by atoms with Crippen LogP contribution >= 0.6 is 11.3 Å². The highest BCUT2D eigenvalue weighted by Gasteiger charge is 2.13. The number of thiazole rings is 1. The largest absolute Gasteiger partial charge is 0.497 e. The molecule has 0 saturated heterocycles. The van der Waals surface area contributed by atoms with Gasteiger partial charge in [0.05, 0.1) is 12.8 Å². The van der Waals surface area contributed by atoms with Crippen molar-refractivity contribution in [1.82, 2.24) is 10.3 Å². The summed E-state index contributed by atoms with van der Waals surface area (Å²) < 4.78 is 5.26. The molecule has 20 heavy (non-hydrogen) atoms. The molecule has 5 heteroatoms. The van der Waals surface area contributed by atoms with Crippen LogP contribution in [0, 0.1) is 0 Å². The molecule has 1 atom stereocenters. The topological polar surface area (TPSA) is 37.4 Å². The minimum absolute atomic E-state index is 0.281. The van der Waals surface area contributed by atoms with Gasteiger partial charge in [0.1, 0.15) is 5.75 Å². The van der Waals surface area contributed by atoms with E-state index in [2.05, 4.69) is 35.5 Å². The average Bonchev–Trinajstić information content (AvgIpc) is 2.96. The Kier molecular flexibility index (Phi) is 4.98. The summed E-state index contributed by atoms with van der Waals surface area (Å²) in [4.78, 5) is 6.78. The zero-order chi connectivity index (χ0) is 14.5. The maximum Gasteiger partial charge on any atom is 0.189 e. The molecule has 4 nitrogen and oxygen atoms in total. The van der Waals surface area contributed by atoms with E-state index in [1.807, 2.05) is 25.2 Å². The molecule has 0 bridgehead atoms. The Labute approximate surface area is 124 Å². The third-order valence-corrected chi connectivity index (χ3v) is 4.13. The Morgan fingerprint density at radius 1 is 1.45 bits per heavy atom. The standard InChI is InChI=1S/C15H21N3OS/c1-5-16-11(2)14-10-20-15(17-14)18(3)12-7-6-8-13(9-12)19-4/h6-11,16H,5H2,1-4H3. The smallest absolute Gasteiger partial charge is 0.189 e. The Morgan fingerprint density at radius 2 is 2.25 bits per heavy atom. The molecule has 0 radical (unpaired) electrons. The quantitative estimate of drug-likeness (QED) is 0.882. The number of nitrogens with zero attached hydrogens (tertiary/aromatic N) is 2. The fourth-order valence-corrected chi connectivity index (χ4v) is 2.87. The molecular weight excluding hydrogens is 270 g/mol. The molecule has 1 heterocycles. The highest BCUT2D eigenvalue weighted by molar-refractivity contribution is 7.13. The molecule has 0 fully saturated rings. The lowest BCUT2D eigenvalue weighted by Gasteiger charge is -2.16. The minimum atomic E-state index is 0.281. The van der Waals surface area contributed by atoms with Crippen molar-refractivity contribution in [2.45, 2.75) is 19.9 Å². The number of aromatic nitrogens is 1. The molecular formula is C15H21N3OS. The van der Waals surface area contributed by atoms with Gasteiger partial charge in [-0.1, -0.05) is 13.0 Å². The number of hydrogen-bond donors (Lipinski definition) is 1. The second-order valence-corrected chi connectivity index (χ2v) is 5.43. The van der Waals surface area contributed by atoms with Crippen LogP contribution in [-0.4, -0.2) is 25.7 Å². The van der Waals surface area contributed by atoms with Crippen LogP contribution in [0.2, 0.25) is 0 Å². The number of ether oxygens (including phenoxy) is 1. The number of rotatable bonds is 6. The van der Waals surface area contributed by atoms with Gasteiger partial charge in [0.2, 0.25) is 0 Å².